The van der Waals surface area contributed by atoms with Crippen molar-refractivity contribution in [3.8, 4) is 16.9 Å². The van der Waals surface area contributed by atoms with Crippen LogP contribution < -0.4 is 15.8 Å². The Labute approximate surface area is 144 Å². The standard InChI is InChI=1S/C17H14F6N2O/c18-16(19,20)11-4-2-5-12(17(21,22)23)14(11)10-3-1-6-13-15(10)26-9(7-24)8-25-13/h1-6,9,25H,7-8,24H2/t9-/m0/s1. The molecular formula is C17H14F6N2O. The highest BCUT2D eigenvalue weighted by molar-refractivity contribution is 5.83. The molecule has 0 saturated heterocycles. The minimum Gasteiger partial charge on any atom is -0.484 e. The molecule has 0 unspecified atom stereocenters. The highest BCUT2D eigenvalue weighted by Crippen LogP contribution is 2.49. The van der Waals surface area contributed by atoms with Gasteiger partial charge in [0.05, 0.1) is 23.4 Å². The molecule has 1 aliphatic heterocycles. The van der Waals surface area contributed by atoms with Crippen LogP contribution in [-0.2, 0) is 12.4 Å². The van der Waals surface area contributed by atoms with Crippen LogP contribution >= 0.6 is 0 Å². The number of benzene rings is 2. The van der Waals surface area contributed by atoms with E-state index < -0.39 is 35.1 Å². The van der Waals surface area contributed by atoms with Gasteiger partial charge in [0.1, 0.15) is 6.10 Å². The molecule has 3 nitrogen and oxygen atoms in total. The van der Waals surface area contributed by atoms with Gasteiger partial charge in [0.15, 0.2) is 5.75 Å². The average Bonchev–Trinajstić information content (AvgIpc) is 2.58. The first kappa shape index (κ1) is 18.4. The van der Waals surface area contributed by atoms with Gasteiger partial charge in [-0.05, 0) is 18.2 Å². The van der Waals surface area contributed by atoms with Gasteiger partial charge < -0.3 is 15.8 Å². The molecule has 1 heterocycles. The second-order valence-corrected chi connectivity index (χ2v) is 5.76. The summed E-state index contributed by atoms with van der Waals surface area (Å²) in [7, 11) is 0. The highest BCUT2D eigenvalue weighted by Gasteiger charge is 2.42. The summed E-state index contributed by atoms with van der Waals surface area (Å²) in [5, 5.41) is 2.92. The Morgan fingerprint density at radius 1 is 0.962 bits per heavy atom. The number of hydrogen-bond acceptors (Lipinski definition) is 3. The fourth-order valence-corrected chi connectivity index (χ4v) is 2.88. The van der Waals surface area contributed by atoms with E-state index in [-0.39, 0.29) is 17.9 Å². The molecule has 140 valence electrons. The Balaban J connectivity index is 2.31. The smallest absolute Gasteiger partial charge is 0.417 e. The Kier molecular flexibility index (Phi) is 4.51. The lowest BCUT2D eigenvalue weighted by molar-refractivity contribution is -0.142. The van der Waals surface area contributed by atoms with E-state index in [0.717, 1.165) is 6.07 Å². The molecule has 2 aromatic carbocycles. The van der Waals surface area contributed by atoms with E-state index >= 15 is 0 Å². The summed E-state index contributed by atoms with van der Waals surface area (Å²) < 4.78 is 86.2. The molecule has 1 atom stereocenters. The van der Waals surface area contributed by atoms with Crippen molar-refractivity contribution in [1.29, 1.82) is 0 Å². The van der Waals surface area contributed by atoms with E-state index in [9.17, 15) is 26.3 Å². The zero-order valence-electron chi connectivity index (χ0n) is 13.2. The van der Waals surface area contributed by atoms with Gasteiger partial charge in [0.2, 0.25) is 0 Å². The van der Waals surface area contributed by atoms with E-state index in [2.05, 4.69) is 5.32 Å². The van der Waals surface area contributed by atoms with Crippen LogP contribution in [0.25, 0.3) is 11.1 Å². The van der Waals surface area contributed by atoms with Gasteiger partial charge in [-0.3, -0.25) is 0 Å². The van der Waals surface area contributed by atoms with Crippen molar-refractivity contribution in [1.82, 2.24) is 0 Å². The zero-order valence-corrected chi connectivity index (χ0v) is 13.2. The fourth-order valence-electron chi connectivity index (χ4n) is 2.88. The first-order valence-corrected chi connectivity index (χ1v) is 7.64. The average molecular weight is 376 g/mol. The minimum absolute atomic E-state index is 0.0633. The van der Waals surface area contributed by atoms with Crippen LogP contribution in [0.3, 0.4) is 0 Å². The van der Waals surface area contributed by atoms with Crippen LogP contribution in [0.2, 0.25) is 0 Å². The van der Waals surface area contributed by atoms with Crippen LogP contribution in [0.4, 0.5) is 32.0 Å². The van der Waals surface area contributed by atoms with Crippen molar-refractivity contribution in [3.63, 3.8) is 0 Å². The molecule has 0 aromatic heterocycles. The van der Waals surface area contributed by atoms with Crippen molar-refractivity contribution in [2.24, 2.45) is 5.73 Å². The number of ether oxygens (including phenoxy) is 1. The SMILES string of the molecule is NC[C@H]1CNc2cccc(-c3c(C(F)(F)F)cccc3C(F)(F)F)c2O1. The molecule has 1 aliphatic rings. The quantitative estimate of drug-likeness (QED) is 0.758. The Morgan fingerprint density at radius 2 is 1.54 bits per heavy atom. The number of nitrogens with two attached hydrogens (primary N) is 1. The highest BCUT2D eigenvalue weighted by atomic mass is 19.4. The Bertz CT molecular complexity index is 784. The molecule has 3 N–H and O–H groups in total. The van der Waals surface area contributed by atoms with Gasteiger partial charge in [-0.25, -0.2) is 0 Å². The van der Waals surface area contributed by atoms with Crippen LogP contribution in [0.15, 0.2) is 36.4 Å². The molecule has 0 fully saturated rings. The van der Waals surface area contributed by atoms with Crippen LogP contribution in [0.1, 0.15) is 11.1 Å². The summed E-state index contributed by atoms with van der Waals surface area (Å²) in [4.78, 5) is 0. The maximum Gasteiger partial charge on any atom is 0.417 e. The number of halogens is 6. The number of rotatable bonds is 2. The summed E-state index contributed by atoms with van der Waals surface area (Å²) >= 11 is 0. The molecule has 2 aromatic rings. The number of para-hydroxylation sites is 1. The number of anilines is 1. The van der Waals surface area contributed by atoms with Gasteiger partial charge in [0, 0.05) is 17.7 Å². The Morgan fingerprint density at radius 3 is 2.08 bits per heavy atom. The molecule has 0 saturated carbocycles. The molecule has 0 aliphatic carbocycles. The first-order chi connectivity index (χ1) is 12.1. The van der Waals surface area contributed by atoms with Gasteiger partial charge in [0.25, 0.3) is 0 Å². The molecule has 0 bridgehead atoms. The lowest BCUT2D eigenvalue weighted by atomic mass is 9.92. The summed E-state index contributed by atoms with van der Waals surface area (Å²) in [6, 6.07) is 6.07. The number of alkyl halides is 6. The lowest BCUT2D eigenvalue weighted by Gasteiger charge is -2.29. The van der Waals surface area contributed by atoms with E-state index in [1.54, 1.807) is 0 Å². The summed E-state index contributed by atoms with van der Waals surface area (Å²) in [5.74, 6) is -0.0728. The van der Waals surface area contributed by atoms with Gasteiger partial charge in [-0.15, -0.1) is 0 Å². The number of hydrogen-bond donors (Lipinski definition) is 2. The minimum atomic E-state index is -4.96. The first-order valence-electron chi connectivity index (χ1n) is 7.64. The van der Waals surface area contributed by atoms with Crippen LogP contribution in [-0.4, -0.2) is 19.2 Å². The predicted octanol–water partition coefficient (Wildman–Crippen LogP) is 4.52. The second kappa shape index (κ2) is 6.39. The third-order valence-corrected chi connectivity index (χ3v) is 4.03. The molecule has 0 amide bonds. The van der Waals surface area contributed by atoms with E-state index in [0.29, 0.717) is 24.4 Å². The topological polar surface area (TPSA) is 47.3 Å². The monoisotopic (exact) mass is 376 g/mol. The molecule has 26 heavy (non-hydrogen) atoms. The van der Waals surface area contributed by atoms with E-state index in [4.69, 9.17) is 10.5 Å². The number of nitrogens with one attached hydrogen (secondary N) is 1. The molecular weight excluding hydrogens is 362 g/mol. The normalized spacial score (nSPS) is 17.3. The maximum atomic E-state index is 13.4. The van der Waals surface area contributed by atoms with Crippen molar-refractivity contribution in [2.45, 2.75) is 18.5 Å². The van der Waals surface area contributed by atoms with Crippen molar-refractivity contribution in [3.05, 3.63) is 47.5 Å². The van der Waals surface area contributed by atoms with Gasteiger partial charge in [-0.1, -0.05) is 18.2 Å². The van der Waals surface area contributed by atoms with E-state index in [1.807, 2.05) is 0 Å². The molecule has 0 radical (unpaired) electrons. The number of fused-ring (bicyclic) bond motifs is 1. The van der Waals surface area contributed by atoms with Crippen molar-refractivity contribution >= 4 is 5.69 Å². The summed E-state index contributed by atoms with van der Waals surface area (Å²) in [6.45, 7) is 0.369. The third-order valence-electron chi connectivity index (χ3n) is 4.03. The summed E-state index contributed by atoms with van der Waals surface area (Å²) in [6.07, 6.45) is -10.5. The zero-order chi connectivity index (χ0) is 19.1. The molecule has 3 rings (SSSR count). The van der Waals surface area contributed by atoms with Gasteiger partial charge in [-0.2, -0.15) is 26.3 Å². The van der Waals surface area contributed by atoms with Crippen molar-refractivity contribution < 1.29 is 31.1 Å². The van der Waals surface area contributed by atoms with E-state index in [1.165, 1.54) is 18.2 Å². The molecule has 9 heteroatoms. The van der Waals surface area contributed by atoms with Crippen LogP contribution in [0.5, 0.6) is 5.75 Å². The molecule has 0 spiro atoms. The summed E-state index contributed by atoms with van der Waals surface area (Å²) in [5.41, 5.74) is 1.85. The maximum absolute atomic E-state index is 13.4. The predicted molar refractivity (Wildman–Crippen MR) is 83.8 cm³/mol. The fraction of sp³-hybridized carbons (Fsp3) is 0.294. The van der Waals surface area contributed by atoms with Crippen LogP contribution in [0, 0.1) is 0 Å². The van der Waals surface area contributed by atoms with Crippen molar-refractivity contribution in [2.75, 3.05) is 18.4 Å². The second-order valence-electron chi connectivity index (χ2n) is 5.76. The lowest BCUT2D eigenvalue weighted by Crippen LogP contribution is -2.37. The third kappa shape index (κ3) is 3.31. The Hall–Kier alpha value is -2.42. The largest absolute Gasteiger partial charge is 0.484 e. The van der Waals surface area contributed by atoms with Gasteiger partial charge >= 0.3 is 12.4 Å².